The number of aryl methyl sites for hydroxylation is 1. The van der Waals surface area contributed by atoms with Crippen LogP contribution in [-0.2, 0) is 0 Å². The molecule has 7 heteroatoms. The number of halogens is 3. The van der Waals surface area contributed by atoms with Gasteiger partial charge in [0.15, 0.2) is 0 Å². The van der Waals surface area contributed by atoms with Gasteiger partial charge in [-0.25, -0.2) is 4.98 Å². The Bertz CT molecular complexity index is 495. The van der Waals surface area contributed by atoms with Crippen molar-refractivity contribution in [2.45, 2.75) is 31.5 Å². The van der Waals surface area contributed by atoms with Gasteiger partial charge in [0.2, 0.25) is 0 Å². The Labute approximate surface area is 108 Å². The molecule has 3 nitrogen and oxygen atoms in total. The lowest BCUT2D eigenvalue weighted by molar-refractivity contribution is -0.151. The number of alkyl halides is 3. The van der Waals surface area contributed by atoms with Gasteiger partial charge in [-0.3, -0.25) is 0 Å². The van der Waals surface area contributed by atoms with Gasteiger partial charge in [-0.2, -0.15) is 13.2 Å². The molecule has 1 aliphatic carbocycles. The molecule has 0 aliphatic heterocycles. The molecule has 3 N–H and O–H groups in total. The van der Waals surface area contributed by atoms with Crippen molar-refractivity contribution in [3.8, 4) is 0 Å². The maximum atomic E-state index is 12.9. The van der Waals surface area contributed by atoms with Crippen LogP contribution in [0.5, 0.6) is 0 Å². The van der Waals surface area contributed by atoms with Crippen molar-refractivity contribution < 1.29 is 13.2 Å². The topological polar surface area (TPSA) is 50.9 Å². The van der Waals surface area contributed by atoms with E-state index in [0.29, 0.717) is 11.1 Å². The standard InChI is InChI=1S/C11H12F3N3S/c1-6-2-5-16-9(7(6)8(15)18)17-10(3-4-10)11(12,13)14/h2,5H,3-4H2,1H3,(H2,15,18)(H,16,17). The Morgan fingerprint density at radius 1 is 1.50 bits per heavy atom. The molecular weight excluding hydrogens is 263 g/mol. The largest absolute Gasteiger partial charge is 0.411 e. The summed E-state index contributed by atoms with van der Waals surface area (Å²) in [7, 11) is 0. The zero-order valence-corrected chi connectivity index (χ0v) is 10.5. The Morgan fingerprint density at radius 3 is 2.56 bits per heavy atom. The third kappa shape index (κ3) is 2.14. The minimum absolute atomic E-state index is 0.0427. The van der Waals surface area contributed by atoms with E-state index in [0.717, 1.165) is 0 Å². The van der Waals surface area contributed by atoms with Crippen LogP contribution < -0.4 is 11.1 Å². The molecule has 1 aromatic heterocycles. The fourth-order valence-electron chi connectivity index (χ4n) is 1.80. The first-order valence-corrected chi connectivity index (χ1v) is 5.78. The van der Waals surface area contributed by atoms with E-state index in [2.05, 4.69) is 10.3 Å². The Kier molecular flexibility index (Phi) is 2.96. The van der Waals surface area contributed by atoms with E-state index in [4.69, 9.17) is 18.0 Å². The SMILES string of the molecule is Cc1ccnc(NC2(C(F)(F)F)CC2)c1C(N)=S. The molecule has 0 spiro atoms. The summed E-state index contributed by atoms with van der Waals surface area (Å²) in [5, 5.41) is 2.46. The van der Waals surface area contributed by atoms with Gasteiger partial charge in [0.1, 0.15) is 16.3 Å². The fourth-order valence-corrected chi connectivity index (χ4v) is 2.05. The van der Waals surface area contributed by atoms with Crippen molar-refractivity contribution in [3.63, 3.8) is 0 Å². The van der Waals surface area contributed by atoms with Crippen molar-refractivity contribution in [3.05, 3.63) is 23.4 Å². The number of anilines is 1. The van der Waals surface area contributed by atoms with Gasteiger partial charge >= 0.3 is 6.18 Å². The summed E-state index contributed by atoms with van der Waals surface area (Å²) in [4.78, 5) is 3.96. The van der Waals surface area contributed by atoms with Gasteiger partial charge in [-0.05, 0) is 31.4 Å². The van der Waals surface area contributed by atoms with Gasteiger partial charge < -0.3 is 11.1 Å². The van der Waals surface area contributed by atoms with E-state index in [1.807, 2.05) is 0 Å². The van der Waals surface area contributed by atoms with Crippen LogP contribution in [-0.4, -0.2) is 21.7 Å². The molecule has 0 saturated heterocycles. The van der Waals surface area contributed by atoms with E-state index in [1.54, 1.807) is 13.0 Å². The van der Waals surface area contributed by atoms with Crippen molar-refractivity contribution in [1.29, 1.82) is 0 Å². The van der Waals surface area contributed by atoms with E-state index in [1.165, 1.54) is 6.20 Å². The van der Waals surface area contributed by atoms with Crippen LogP contribution in [0.15, 0.2) is 12.3 Å². The van der Waals surface area contributed by atoms with Gasteiger partial charge in [0.05, 0.1) is 5.56 Å². The molecule has 0 radical (unpaired) electrons. The summed E-state index contributed by atoms with van der Waals surface area (Å²) >= 11 is 4.86. The molecule has 1 saturated carbocycles. The highest BCUT2D eigenvalue weighted by molar-refractivity contribution is 7.80. The minimum Gasteiger partial charge on any atom is -0.389 e. The van der Waals surface area contributed by atoms with Crippen LogP contribution in [0.25, 0.3) is 0 Å². The molecule has 0 bridgehead atoms. The van der Waals surface area contributed by atoms with Gasteiger partial charge in [-0.1, -0.05) is 12.2 Å². The molecular formula is C11H12F3N3S. The summed E-state index contributed by atoms with van der Waals surface area (Å²) in [6.07, 6.45) is -2.77. The van der Waals surface area contributed by atoms with Gasteiger partial charge in [0, 0.05) is 6.20 Å². The number of hydrogen-bond acceptors (Lipinski definition) is 3. The normalized spacial score (nSPS) is 17.3. The number of rotatable bonds is 3. The first-order valence-electron chi connectivity index (χ1n) is 5.37. The second-order valence-electron chi connectivity index (χ2n) is 4.42. The number of nitrogens with one attached hydrogen (secondary N) is 1. The summed E-state index contributed by atoms with van der Waals surface area (Å²) in [5.41, 5.74) is 4.75. The van der Waals surface area contributed by atoms with E-state index >= 15 is 0 Å². The zero-order chi connectivity index (χ0) is 13.6. The quantitative estimate of drug-likeness (QED) is 0.832. The van der Waals surface area contributed by atoms with Crippen LogP contribution in [0.3, 0.4) is 0 Å². The summed E-state index contributed by atoms with van der Waals surface area (Å²) < 4.78 is 38.6. The molecule has 1 fully saturated rings. The van der Waals surface area contributed by atoms with Crippen molar-refractivity contribution >= 4 is 23.0 Å². The molecule has 18 heavy (non-hydrogen) atoms. The molecule has 98 valence electrons. The summed E-state index contributed by atoms with van der Waals surface area (Å²) in [6.45, 7) is 1.73. The molecule has 0 atom stereocenters. The average molecular weight is 275 g/mol. The van der Waals surface area contributed by atoms with Crippen LogP contribution in [0.1, 0.15) is 24.0 Å². The predicted molar refractivity (Wildman–Crippen MR) is 66.5 cm³/mol. The molecule has 0 aromatic carbocycles. The lowest BCUT2D eigenvalue weighted by Crippen LogP contribution is -2.39. The first-order chi connectivity index (χ1) is 8.27. The lowest BCUT2D eigenvalue weighted by Gasteiger charge is -2.23. The van der Waals surface area contributed by atoms with Gasteiger partial charge in [0.25, 0.3) is 0 Å². The minimum atomic E-state index is -4.30. The molecule has 2 rings (SSSR count). The molecule has 0 amide bonds. The highest BCUT2D eigenvalue weighted by Gasteiger charge is 2.63. The van der Waals surface area contributed by atoms with Crippen LogP contribution in [0.4, 0.5) is 19.0 Å². The first kappa shape index (κ1) is 13.1. The Morgan fingerprint density at radius 2 is 2.11 bits per heavy atom. The van der Waals surface area contributed by atoms with Crippen LogP contribution in [0, 0.1) is 6.92 Å². The molecule has 0 unspecified atom stereocenters. The zero-order valence-electron chi connectivity index (χ0n) is 9.64. The molecule has 1 aromatic rings. The number of nitrogens with two attached hydrogens (primary N) is 1. The van der Waals surface area contributed by atoms with Crippen LogP contribution >= 0.6 is 12.2 Å². The second-order valence-corrected chi connectivity index (χ2v) is 4.86. The lowest BCUT2D eigenvalue weighted by atomic mass is 10.1. The summed E-state index contributed by atoms with van der Waals surface area (Å²) in [5.74, 6) is 0.109. The molecule has 1 aliphatic rings. The highest BCUT2D eigenvalue weighted by atomic mass is 32.1. The van der Waals surface area contributed by atoms with E-state index < -0.39 is 11.7 Å². The number of pyridine rings is 1. The maximum Gasteiger partial charge on any atom is 0.411 e. The van der Waals surface area contributed by atoms with Crippen molar-refractivity contribution in [1.82, 2.24) is 4.98 Å². The van der Waals surface area contributed by atoms with E-state index in [9.17, 15) is 13.2 Å². The average Bonchev–Trinajstić information content (AvgIpc) is 2.97. The second kappa shape index (κ2) is 4.08. The van der Waals surface area contributed by atoms with Crippen molar-refractivity contribution in [2.24, 2.45) is 5.73 Å². The van der Waals surface area contributed by atoms with Crippen molar-refractivity contribution in [2.75, 3.05) is 5.32 Å². The fraction of sp³-hybridized carbons (Fsp3) is 0.455. The number of thiocarbonyl (C=S) groups is 1. The predicted octanol–water partition coefficient (Wildman–Crippen LogP) is 2.53. The number of nitrogens with zero attached hydrogens (tertiary/aromatic N) is 1. The van der Waals surface area contributed by atoms with Gasteiger partial charge in [-0.15, -0.1) is 0 Å². The Balaban J connectivity index is 2.36. The number of aromatic nitrogens is 1. The smallest absolute Gasteiger partial charge is 0.389 e. The highest BCUT2D eigenvalue weighted by Crippen LogP contribution is 2.51. The number of hydrogen-bond donors (Lipinski definition) is 2. The van der Waals surface area contributed by atoms with E-state index in [-0.39, 0.29) is 23.6 Å². The monoisotopic (exact) mass is 275 g/mol. The third-order valence-corrected chi connectivity index (χ3v) is 3.26. The van der Waals surface area contributed by atoms with Crippen LogP contribution in [0.2, 0.25) is 0 Å². The maximum absolute atomic E-state index is 12.9. The molecule has 1 heterocycles. The summed E-state index contributed by atoms with van der Waals surface area (Å²) in [6, 6.07) is 1.66. The Hall–Kier alpha value is -1.37. The third-order valence-electron chi connectivity index (χ3n) is 3.06.